The van der Waals surface area contributed by atoms with E-state index in [9.17, 15) is 19.5 Å². The van der Waals surface area contributed by atoms with E-state index in [1.54, 1.807) is 6.07 Å². The molecular weight excluding hydrogens is 434 g/mol. The monoisotopic (exact) mass is 469 g/mol. The van der Waals surface area contributed by atoms with Crippen molar-refractivity contribution < 1.29 is 24.2 Å². The minimum atomic E-state index is -0.664. The Bertz CT molecular complexity index is 963. The minimum Gasteiger partial charge on any atom is -0.507 e. The zero-order chi connectivity index (χ0) is 23.8. The molecule has 0 spiro atoms. The molecule has 0 bridgehead atoms. The second-order valence-electron chi connectivity index (χ2n) is 10.4. The van der Waals surface area contributed by atoms with Crippen molar-refractivity contribution in [3.8, 4) is 5.75 Å². The fourth-order valence-corrected chi connectivity index (χ4v) is 6.31. The van der Waals surface area contributed by atoms with Crippen molar-refractivity contribution in [3.05, 3.63) is 28.8 Å². The zero-order valence-corrected chi connectivity index (χ0v) is 19.9. The predicted octanol–water partition coefficient (Wildman–Crippen LogP) is 2.54. The standard InChI is InChI=1S/C26H35N3O5/c1-34-18-4-2-16(3-5-18)14-28-12-10-17(11-13-28)19-6-7-20-21(24(19)31)15-29(26(20)33)22-8-9-23(30)27-25(22)32/h6-7,16-18,22,31H,2-5,8-15H2,1H3,(H,27,30,32)/t16-,18-,22?. The number of nitrogens with one attached hydrogen (secondary N) is 1. The number of benzene rings is 1. The number of methoxy groups -OCH3 is 1. The number of carbonyl (C=O) groups is 3. The molecule has 1 unspecified atom stereocenters. The van der Waals surface area contributed by atoms with E-state index in [-0.39, 0.29) is 36.4 Å². The molecule has 1 aliphatic carbocycles. The van der Waals surface area contributed by atoms with Crippen molar-refractivity contribution in [1.82, 2.24) is 15.1 Å². The summed E-state index contributed by atoms with van der Waals surface area (Å²) in [4.78, 5) is 40.8. The van der Waals surface area contributed by atoms with E-state index in [1.165, 1.54) is 17.7 Å². The smallest absolute Gasteiger partial charge is 0.255 e. The van der Waals surface area contributed by atoms with E-state index in [0.29, 0.717) is 23.7 Å². The molecule has 1 saturated carbocycles. The van der Waals surface area contributed by atoms with Gasteiger partial charge in [0.2, 0.25) is 11.8 Å². The maximum Gasteiger partial charge on any atom is 0.255 e. The molecule has 2 saturated heterocycles. The van der Waals surface area contributed by atoms with Gasteiger partial charge in [-0.2, -0.15) is 0 Å². The first-order valence-corrected chi connectivity index (χ1v) is 12.7. The third-order valence-corrected chi connectivity index (χ3v) is 8.39. The van der Waals surface area contributed by atoms with E-state index in [1.807, 2.05) is 13.2 Å². The number of phenols is 1. The van der Waals surface area contributed by atoms with Crippen LogP contribution in [-0.2, 0) is 20.9 Å². The van der Waals surface area contributed by atoms with E-state index < -0.39 is 11.9 Å². The second-order valence-corrected chi connectivity index (χ2v) is 10.4. The number of hydrogen-bond donors (Lipinski definition) is 2. The highest BCUT2D eigenvalue weighted by atomic mass is 16.5. The summed E-state index contributed by atoms with van der Waals surface area (Å²) >= 11 is 0. The van der Waals surface area contributed by atoms with Gasteiger partial charge in [0.25, 0.3) is 5.91 Å². The van der Waals surface area contributed by atoms with Crippen LogP contribution in [0.1, 0.15) is 78.8 Å². The van der Waals surface area contributed by atoms with Crippen LogP contribution in [0.2, 0.25) is 0 Å². The van der Waals surface area contributed by atoms with Crippen LogP contribution in [-0.4, -0.2) is 71.5 Å². The number of ether oxygens (including phenoxy) is 1. The van der Waals surface area contributed by atoms with Crippen molar-refractivity contribution >= 4 is 17.7 Å². The molecule has 8 heteroatoms. The molecule has 2 N–H and O–H groups in total. The number of nitrogens with zero attached hydrogens (tertiary/aromatic N) is 2. The molecule has 1 aromatic carbocycles. The zero-order valence-electron chi connectivity index (χ0n) is 19.9. The third kappa shape index (κ3) is 4.45. The van der Waals surface area contributed by atoms with Crippen LogP contribution in [0.3, 0.4) is 0 Å². The molecule has 0 radical (unpaired) electrons. The van der Waals surface area contributed by atoms with Crippen LogP contribution < -0.4 is 5.32 Å². The largest absolute Gasteiger partial charge is 0.507 e. The van der Waals surface area contributed by atoms with Gasteiger partial charge in [0.1, 0.15) is 11.8 Å². The van der Waals surface area contributed by atoms with E-state index >= 15 is 0 Å². The molecule has 4 aliphatic rings. The maximum absolute atomic E-state index is 13.0. The maximum atomic E-state index is 13.0. The van der Waals surface area contributed by atoms with Gasteiger partial charge in [-0.05, 0) is 81.5 Å². The lowest BCUT2D eigenvalue weighted by atomic mass is 9.84. The number of piperidine rings is 2. The topological polar surface area (TPSA) is 99.2 Å². The summed E-state index contributed by atoms with van der Waals surface area (Å²) in [6.07, 6.45) is 7.76. The lowest BCUT2D eigenvalue weighted by Crippen LogP contribution is -2.52. The first-order valence-electron chi connectivity index (χ1n) is 12.7. The predicted molar refractivity (Wildman–Crippen MR) is 125 cm³/mol. The lowest BCUT2D eigenvalue weighted by molar-refractivity contribution is -0.136. The Morgan fingerprint density at radius 1 is 1.03 bits per heavy atom. The van der Waals surface area contributed by atoms with Crippen LogP contribution in [0.4, 0.5) is 0 Å². The Kier molecular flexibility index (Phi) is 6.62. The third-order valence-electron chi connectivity index (χ3n) is 8.39. The second kappa shape index (κ2) is 9.66. The molecule has 1 atom stereocenters. The summed E-state index contributed by atoms with van der Waals surface area (Å²) in [6.45, 7) is 3.40. The average molecular weight is 470 g/mol. The fraction of sp³-hybridized carbons (Fsp3) is 0.654. The lowest BCUT2D eigenvalue weighted by Gasteiger charge is -2.36. The van der Waals surface area contributed by atoms with Gasteiger partial charge in [-0.1, -0.05) is 6.07 Å². The number of fused-ring (bicyclic) bond motifs is 1. The number of hydrogen-bond acceptors (Lipinski definition) is 6. The number of rotatable bonds is 5. The van der Waals surface area contributed by atoms with Crippen LogP contribution in [0, 0.1) is 5.92 Å². The number of carbonyl (C=O) groups excluding carboxylic acids is 3. The summed E-state index contributed by atoms with van der Waals surface area (Å²) in [5.41, 5.74) is 2.00. The number of phenolic OH excluding ortho intramolecular Hbond substituents is 1. The van der Waals surface area contributed by atoms with Gasteiger partial charge in [0.15, 0.2) is 0 Å². The summed E-state index contributed by atoms with van der Waals surface area (Å²) < 4.78 is 5.50. The number of amides is 3. The number of likely N-dealkylation sites (tertiary alicyclic amines) is 1. The van der Waals surface area contributed by atoms with Crippen molar-refractivity contribution in [2.75, 3.05) is 26.7 Å². The van der Waals surface area contributed by atoms with Crippen molar-refractivity contribution in [2.45, 2.75) is 76.0 Å². The first-order chi connectivity index (χ1) is 16.4. The highest BCUT2D eigenvalue weighted by molar-refractivity contribution is 6.05. The fourth-order valence-electron chi connectivity index (χ4n) is 6.31. The van der Waals surface area contributed by atoms with Gasteiger partial charge in [0, 0.05) is 31.2 Å². The first kappa shape index (κ1) is 23.3. The summed E-state index contributed by atoms with van der Waals surface area (Å²) in [5, 5.41) is 13.4. The molecule has 3 amide bonds. The Balaban J connectivity index is 1.21. The molecule has 5 rings (SSSR count). The van der Waals surface area contributed by atoms with Gasteiger partial charge in [0.05, 0.1) is 12.6 Å². The molecule has 34 heavy (non-hydrogen) atoms. The van der Waals surface area contributed by atoms with Gasteiger partial charge in [-0.25, -0.2) is 0 Å². The minimum absolute atomic E-state index is 0.206. The average Bonchev–Trinajstić information content (AvgIpc) is 3.17. The van der Waals surface area contributed by atoms with Gasteiger partial charge in [-0.3, -0.25) is 19.7 Å². The normalized spacial score (nSPS) is 28.8. The number of imide groups is 1. The van der Waals surface area contributed by atoms with E-state index in [2.05, 4.69) is 10.2 Å². The molecule has 3 aliphatic heterocycles. The molecule has 3 heterocycles. The summed E-state index contributed by atoms with van der Waals surface area (Å²) in [7, 11) is 1.81. The van der Waals surface area contributed by atoms with E-state index in [0.717, 1.165) is 56.8 Å². The molecule has 184 valence electrons. The Hall–Kier alpha value is -2.45. The van der Waals surface area contributed by atoms with Crippen LogP contribution in [0.25, 0.3) is 0 Å². The molecular formula is C26H35N3O5. The highest BCUT2D eigenvalue weighted by Crippen LogP contribution is 2.41. The quantitative estimate of drug-likeness (QED) is 0.643. The van der Waals surface area contributed by atoms with E-state index in [4.69, 9.17) is 4.74 Å². The Morgan fingerprint density at radius 2 is 1.76 bits per heavy atom. The molecule has 3 fully saturated rings. The van der Waals surface area contributed by atoms with Crippen LogP contribution in [0.5, 0.6) is 5.75 Å². The molecule has 8 nitrogen and oxygen atoms in total. The highest BCUT2D eigenvalue weighted by Gasteiger charge is 2.41. The van der Waals surface area contributed by atoms with Crippen molar-refractivity contribution in [2.24, 2.45) is 5.92 Å². The molecule has 1 aromatic rings. The Morgan fingerprint density at radius 3 is 2.44 bits per heavy atom. The molecule has 0 aromatic heterocycles. The van der Waals surface area contributed by atoms with Crippen LogP contribution in [0.15, 0.2) is 12.1 Å². The van der Waals surface area contributed by atoms with Gasteiger partial charge in [-0.15, -0.1) is 0 Å². The number of aromatic hydroxyl groups is 1. The van der Waals surface area contributed by atoms with Crippen molar-refractivity contribution in [3.63, 3.8) is 0 Å². The van der Waals surface area contributed by atoms with Gasteiger partial charge >= 0.3 is 0 Å². The van der Waals surface area contributed by atoms with Gasteiger partial charge < -0.3 is 19.6 Å². The van der Waals surface area contributed by atoms with Crippen LogP contribution >= 0.6 is 0 Å². The summed E-state index contributed by atoms with van der Waals surface area (Å²) in [5.74, 6) is 0.247. The SMILES string of the molecule is CO[C@H]1CC[C@H](CN2CCC(c3ccc4c(c3O)CN(C3CCC(=O)NC3=O)C4=O)CC2)CC1. The summed E-state index contributed by atoms with van der Waals surface area (Å²) in [6, 6.07) is 3.04. The van der Waals surface area contributed by atoms with Crippen molar-refractivity contribution in [1.29, 1.82) is 0 Å². The Labute approximate surface area is 200 Å².